The molecule has 32 heavy (non-hydrogen) atoms. The van der Waals surface area contributed by atoms with E-state index in [9.17, 15) is 37.1 Å². The molecule has 170 valence electrons. The number of halogens is 4. The average molecular weight is 453 g/mol. The fourth-order valence-corrected chi connectivity index (χ4v) is 4.17. The molecule has 2 unspecified atom stereocenters. The number of rotatable bonds is 3. The summed E-state index contributed by atoms with van der Waals surface area (Å²) in [4.78, 5) is 39.2. The van der Waals surface area contributed by atoms with E-state index >= 15 is 0 Å². The van der Waals surface area contributed by atoms with Gasteiger partial charge in [0.25, 0.3) is 11.8 Å². The van der Waals surface area contributed by atoms with Crippen LogP contribution in [-0.2, 0) is 6.54 Å². The number of hydrogen-bond acceptors (Lipinski definition) is 4. The molecule has 0 spiro atoms. The van der Waals surface area contributed by atoms with Crippen LogP contribution in [0.2, 0.25) is 0 Å². The van der Waals surface area contributed by atoms with Gasteiger partial charge in [0.15, 0.2) is 11.4 Å². The largest absolute Gasteiger partial charge is 0.503 e. The zero-order valence-corrected chi connectivity index (χ0v) is 16.9. The maximum Gasteiger partial charge on any atom is 0.274 e. The van der Waals surface area contributed by atoms with Crippen LogP contribution in [0.3, 0.4) is 0 Å². The highest BCUT2D eigenvalue weighted by atomic mass is 19.2. The zero-order chi connectivity index (χ0) is 23.4. The van der Waals surface area contributed by atoms with E-state index < -0.39 is 69.8 Å². The summed E-state index contributed by atoms with van der Waals surface area (Å²) in [5.74, 6) is -6.30. The molecule has 0 aliphatic carbocycles. The van der Waals surface area contributed by atoms with Crippen molar-refractivity contribution in [3.8, 4) is 5.75 Å². The van der Waals surface area contributed by atoms with Crippen molar-refractivity contribution < 1.29 is 32.3 Å². The van der Waals surface area contributed by atoms with E-state index in [4.69, 9.17) is 0 Å². The van der Waals surface area contributed by atoms with E-state index in [1.165, 1.54) is 16.4 Å². The highest BCUT2D eigenvalue weighted by Crippen LogP contribution is 2.36. The maximum absolute atomic E-state index is 14.6. The second kappa shape index (κ2) is 7.64. The van der Waals surface area contributed by atoms with Crippen LogP contribution in [0.5, 0.6) is 5.75 Å². The molecule has 7 nitrogen and oxygen atoms in total. The minimum absolute atomic E-state index is 0.123. The third-order valence-electron chi connectivity index (χ3n) is 5.82. The summed E-state index contributed by atoms with van der Waals surface area (Å²) in [5, 5.41) is 12.6. The number of aromatic nitrogens is 1. The number of benzene rings is 1. The van der Waals surface area contributed by atoms with Crippen LogP contribution in [0.15, 0.2) is 23.1 Å². The molecule has 1 aromatic carbocycles. The highest BCUT2D eigenvalue weighted by molar-refractivity contribution is 5.99. The summed E-state index contributed by atoms with van der Waals surface area (Å²) in [6.07, 6.45) is 1.50. The molecule has 4 rings (SSSR count). The predicted octanol–water partition coefficient (Wildman–Crippen LogP) is 2.42. The summed E-state index contributed by atoms with van der Waals surface area (Å²) in [6.45, 7) is 0.630. The smallest absolute Gasteiger partial charge is 0.274 e. The van der Waals surface area contributed by atoms with Crippen LogP contribution < -0.4 is 10.7 Å². The van der Waals surface area contributed by atoms with Gasteiger partial charge in [-0.15, -0.1) is 0 Å². The minimum Gasteiger partial charge on any atom is -0.503 e. The molecule has 2 aromatic rings. The Labute approximate surface area is 179 Å². The van der Waals surface area contributed by atoms with E-state index in [1.807, 2.05) is 0 Å². The van der Waals surface area contributed by atoms with Gasteiger partial charge in [-0.3, -0.25) is 14.4 Å². The number of carbonyl (C=O) groups is 2. The molecular weight excluding hydrogens is 434 g/mol. The molecule has 1 fully saturated rings. The summed E-state index contributed by atoms with van der Waals surface area (Å²) >= 11 is 0. The number of fused-ring (bicyclic) bond motifs is 4. The molecule has 2 N–H and O–H groups in total. The lowest BCUT2D eigenvalue weighted by atomic mass is 10.0. The quantitative estimate of drug-likeness (QED) is 0.699. The molecule has 2 atom stereocenters. The summed E-state index contributed by atoms with van der Waals surface area (Å²) in [5.41, 5.74) is -4.30. The molecule has 0 saturated carbocycles. The number of amides is 2. The third-order valence-corrected chi connectivity index (χ3v) is 5.82. The first-order valence-electron chi connectivity index (χ1n) is 9.86. The van der Waals surface area contributed by atoms with Crippen molar-refractivity contribution in [3.63, 3.8) is 0 Å². The first kappa shape index (κ1) is 21.8. The van der Waals surface area contributed by atoms with Crippen molar-refractivity contribution >= 4 is 11.8 Å². The average Bonchev–Trinajstić information content (AvgIpc) is 2.84. The zero-order valence-electron chi connectivity index (χ0n) is 16.9. The van der Waals surface area contributed by atoms with Crippen LogP contribution in [-0.4, -0.2) is 45.1 Å². The van der Waals surface area contributed by atoms with Crippen molar-refractivity contribution in [1.82, 2.24) is 14.8 Å². The Morgan fingerprint density at radius 2 is 1.91 bits per heavy atom. The molecule has 2 aliphatic rings. The normalized spacial score (nSPS) is 22.3. The number of alkyl halides is 1. The van der Waals surface area contributed by atoms with Crippen LogP contribution in [0.25, 0.3) is 0 Å². The summed E-state index contributed by atoms with van der Waals surface area (Å²) in [6, 6.07) is 0.420. The predicted molar refractivity (Wildman–Crippen MR) is 104 cm³/mol. The Morgan fingerprint density at radius 1 is 1.25 bits per heavy atom. The molecular formula is C21H19F4N3O4. The lowest BCUT2D eigenvalue weighted by Crippen LogP contribution is -2.47. The first-order valence-corrected chi connectivity index (χ1v) is 9.86. The molecule has 1 saturated heterocycles. The van der Waals surface area contributed by atoms with E-state index in [0.29, 0.717) is 18.6 Å². The molecule has 11 heteroatoms. The van der Waals surface area contributed by atoms with Crippen LogP contribution in [0.1, 0.15) is 52.2 Å². The van der Waals surface area contributed by atoms with Gasteiger partial charge in [-0.05, 0) is 19.8 Å². The van der Waals surface area contributed by atoms with Crippen molar-refractivity contribution in [2.75, 3.05) is 13.1 Å². The van der Waals surface area contributed by atoms with Gasteiger partial charge in [0.05, 0.1) is 12.6 Å². The van der Waals surface area contributed by atoms with Gasteiger partial charge in [0, 0.05) is 37.0 Å². The SMILES string of the molecule is CC1(F)CCC2CN(C1)C(=O)c1c(O)c(=O)c(C(=O)NCc3c(F)cc(F)cc3F)cn12. The molecule has 1 aromatic heterocycles. The minimum atomic E-state index is -1.65. The topological polar surface area (TPSA) is 91.6 Å². The number of nitrogens with one attached hydrogen (secondary N) is 1. The fraction of sp³-hybridized carbons (Fsp3) is 0.381. The number of nitrogens with zero attached hydrogens (tertiary/aromatic N) is 2. The Morgan fingerprint density at radius 3 is 2.56 bits per heavy atom. The Bertz CT molecular complexity index is 1170. The summed E-state index contributed by atoms with van der Waals surface area (Å²) in [7, 11) is 0. The molecule has 2 aliphatic heterocycles. The second-order valence-corrected chi connectivity index (χ2v) is 8.30. The van der Waals surface area contributed by atoms with E-state index in [-0.39, 0.29) is 25.2 Å². The fourth-order valence-electron chi connectivity index (χ4n) is 4.17. The van der Waals surface area contributed by atoms with Crippen molar-refractivity contribution in [2.45, 2.75) is 38.0 Å². The van der Waals surface area contributed by atoms with Crippen molar-refractivity contribution in [1.29, 1.82) is 0 Å². The molecule has 3 heterocycles. The molecule has 2 bridgehead atoms. The number of hydrogen-bond donors (Lipinski definition) is 2. The van der Waals surface area contributed by atoms with Gasteiger partial charge < -0.3 is 19.9 Å². The summed E-state index contributed by atoms with van der Waals surface area (Å²) < 4.78 is 56.6. The number of pyridine rings is 1. The van der Waals surface area contributed by atoms with Crippen LogP contribution in [0.4, 0.5) is 17.6 Å². The van der Waals surface area contributed by atoms with Gasteiger partial charge in [-0.1, -0.05) is 0 Å². The monoisotopic (exact) mass is 453 g/mol. The number of carbonyl (C=O) groups excluding carboxylic acids is 2. The van der Waals surface area contributed by atoms with Gasteiger partial charge in [0.2, 0.25) is 5.43 Å². The first-order chi connectivity index (χ1) is 15.0. The van der Waals surface area contributed by atoms with E-state index in [2.05, 4.69) is 5.32 Å². The van der Waals surface area contributed by atoms with Gasteiger partial charge in [0.1, 0.15) is 28.7 Å². The van der Waals surface area contributed by atoms with Crippen LogP contribution in [0, 0.1) is 17.5 Å². The molecule has 2 amide bonds. The van der Waals surface area contributed by atoms with E-state index in [1.54, 1.807) is 0 Å². The van der Waals surface area contributed by atoms with Gasteiger partial charge in [-0.2, -0.15) is 0 Å². The maximum atomic E-state index is 14.6. The lowest BCUT2D eigenvalue weighted by Gasteiger charge is -2.35. The Hall–Kier alpha value is -3.37. The van der Waals surface area contributed by atoms with Crippen molar-refractivity contribution in [2.24, 2.45) is 0 Å². The van der Waals surface area contributed by atoms with E-state index in [0.717, 1.165) is 6.20 Å². The Kier molecular flexibility index (Phi) is 5.22. The third kappa shape index (κ3) is 3.71. The molecule has 0 radical (unpaired) electrons. The van der Waals surface area contributed by atoms with Crippen LogP contribution >= 0.6 is 0 Å². The standard InChI is InChI=1S/C21H19F4N3O4/c1-21(25)3-2-11-7-27(9-21)20(32)16-18(30)17(29)13(8-28(11)16)19(31)26-6-12-14(23)4-10(22)5-15(12)24/h4-5,8,11,30H,2-3,6-7,9H2,1H3,(H,26,31). The van der Waals surface area contributed by atoms with Gasteiger partial charge in [-0.25, -0.2) is 17.6 Å². The van der Waals surface area contributed by atoms with Gasteiger partial charge >= 0.3 is 0 Å². The van der Waals surface area contributed by atoms with Crippen molar-refractivity contribution in [3.05, 3.63) is 62.8 Å². The Balaban J connectivity index is 1.67. The number of aromatic hydroxyl groups is 1. The lowest BCUT2D eigenvalue weighted by molar-refractivity contribution is 0.0570. The second-order valence-electron chi connectivity index (χ2n) is 8.30. The highest BCUT2D eigenvalue weighted by Gasteiger charge is 2.42.